The Bertz CT molecular complexity index is 551. The number of thiazole rings is 1. The van der Waals surface area contributed by atoms with Crippen molar-refractivity contribution in [3.8, 4) is 6.07 Å². The Hall–Kier alpha value is -0.930. The molecule has 1 fully saturated rings. The summed E-state index contributed by atoms with van der Waals surface area (Å²) in [5.74, 6) is 0.559. The summed E-state index contributed by atoms with van der Waals surface area (Å²) < 4.78 is 23.4. The molecule has 0 saturated heterocycles. The minimum Gasteiger partial charge on any atom is -0.243 e. The van der Waals surface area contributed by atoms with Gasteiger partial charge in [-0.15, -0.1) is 11.3 Å². The Balaban J connectivity index is 2.20. The van der Waals surface area contributed by atoms with Crippen LogP contribution in [0.15, 0.2) is 0 Å². The second kappa shape index (κ2) is 4.75. The Morgan fingerprint density at radius 3 is 2.76 bits per heavy atom. The van der Waals surface area contributed by atoms with Gasteiger partial charge in [-0.1, -0.05) is 6.92 Å². The van der Waals surface area contributed by atoms with Crippen molar-refractivity contribution in [3.63, 3.8) is 0 Å². The zero-order valence-electron chi connectivity index (χ0n) is 9.64. The molecule has 1 heterocycles. The highest BCUT2D eigenvalue weighted by Crippen LogP contribution is 2.42. The van der Waals surface area contributed by atoms with Gasteiger partial charge in [0.2, 0.25) is 0 Å². The summed E-state index contributed by atoms with van der Waals surface area (Å²) in [6.07, 6.45) is 2.76. The maximum Gasteiger partial charge on any atom is 0.156 e. The molecular formula is C11H14N2O2S2. The van der Waals surface area contributed by atoms with Gasteiger partial charge in [0, 0.05) is 5.92 Å². The minimum atomic E-state index is -3.06. The molecule has 0 atom stereocenters. The molecule has 0 bridgehead atoms. The van der Waals surface area contributed by atoms with Crippen LogP contribution in [0.5, 0.6) is 0 Å². The largest absolute Gasteiger partial charge is 0.243 e. The predicted molar refractivity (Wildman–Crippen MR) is 66.6 cm³/mol. The molecule has 2 rings (SSSR count). The third-order valence-corrected chi connectivity index (χ3v) is 5.52. The quantitative estimate of drug-likeness (QED) is 0.822. The second-order valence-corrected chi connectivity index (χ2v) is 7.57. The number of nitrogens with zero attached hydrogens (tertiary/aromatic N) is 2. The SMILES string of the molecule is CCCS(=O)(=O)Cc1nc(C2CC2)c(C#N)s1. The van der Waals surface area contributed by atoms with Crippen molar-refractivity contribution >= 4 is 21.2 Å². The first-order valence-electron chi connectivity index (χ1n) is 5.66. The molecule has 0 radical (unpaired) electrons. The molecule has 92 valence electrons. The fourth-order valence-electron chi connectivity index (χ4n) is 1.72. The first-order chi connectivity index (χ1) is 8.05. The number of hydrogen-bond donors (Lipinski definition) is 0. The van der Waals surface area contributed by atoms with Crippen molar-refractivity contribution in [1.29, 1.82) is 5.26 Å². The van der Waals surface area contributed by atoms with E-state index in [1.807, 2.05) is 6.92 Å². The first kappa shape index (κ1) is 12.5. The van der Waals surface area contributed by atoms with E-state index in [0.717, 1.165) is 18.5 Å². The van der Waals surface area contributed by atoms with Crippen LogP contribution >= 0.6 is 11.3 Å². The smallest absolute Gasteiger partial charge is 0.156 e. The number of sulfone groups is 1. The van der Waals surface area contributed by atoms with Crippen LogP contribution < -0.4 is 0 Å². The summed E-state index contributed by atoms with van der Waals surface area (Å²) in [4.78, 5) is 4.92. The Labute approximate surface area is 105 Å². The molecule has 1 aromatic heterocycles. The van der Waals surface area contributed by atoms with Crippen molar-refractivity contribution in [2.75, 3.05) is 5.75 Å². The van der Waals surface area contributed by atoms with Crippen molar-refractivity contribution in [2.45, 2.75) is 37.9 Å². The topological polar surface area (TPSA) is 70.8 Å². The summed E-state index contributed by atoms with van der Waals surface area (Å²) in [6, 6.07) is 2.12. The van der Waals surface area contributed by atoms with Crippen LogP contribution in [0.2, 0.25) is 0 Å². The lowest BCUT2D eigenvalue weighted by molar-refractivity contribution is 0.593. The van der Waals surface area contributed by atoms with E-state index < -0.39 is 9.84 Å². The van der Waals surface area contributed by atoms with Crippen LogP contribution in [0.4, 0.5) is 0 Å². The average Bonchev–Trinajstić information content (AvgIpc) is 3.00. The third-order valence-electron chi connectivity index (χ3n) is 2.62. The summed E-state index contributed by atoms with van der Waals surface area (Å²) in [6.45, 7) is 1.84. The van der Waals surface area contributed by atoms with Crippen LogP contribution in [0.3, 0.4) is 0 Å². The van der Waals surface area contributed by atoms with E-state index in [4.69, 9.17) is 5.26 Å². The Morgan fingerprint density at radius 1 is 1.53 bits per heavy atom. The highest BCUT2D eigenvalue weighted by Gasteiger charge is 2.30. The van der Waals surface area contributed by atoms with Crippen LogP contribution in [0.25, 0.3) is 0 Å². The van der Waals surface area contributed by atoms with E-state index in [-0.39, 0.29) is 11.5 Å². The molecular weight excluding hydrogens is 256 g/mol. The molecule has 0 spiro atoms. The number of aromatic nitrogens is 1. The van der Waals surface area contributed by atoms with Gasteiger partial charge in [0.25, 0.3) is 0 Å². The van der Waals surface area contributed by atoms with Crippen molar-refractivity contribution in [3.05, 3.63) is 15.6 Å². The molecule has 1 aliphatic carbocycles. The number of hydrogen-bond acceptors (Lipinski definition) is 5. The van der Waals surface area contributed by atoms with Gasteiger partial charge in [0.15, 0.2) is 9.84 Å². The van der Waals surface area contributed by atoms with Gasteiger partial charge in [-0.25, -0.2) is 13.4 Å². The average molecular weight is 270 g/mol. The van der Waals surface area contributed by atoms with Gasteiger partial charge >= 0.3 is 0 Å². The minimum absolute atomic E-state index is 0.0209. The molecule has 0 aromatic carbocycles. The van der Waals surface area contributed by atoms with E-state index in [1.165, 1.54) is 11.3 Å². The highest BCUT2D eigenvalue weighted by atomic mass is 32.2. The predicted octanol–water partition coefficient (Wildman–Crippen LogP) is 2.22. The zero-order valence-corrected chi connectivity index (χ0v) is 11.3. The molecule has 6 heteroatoms. The highest BCUT2D eigenvalue weighted by molar-refractivity contribution is 7.90. The van der Waals surface area contributed by atoms with E-state index >= 15 is 0 Å². The molecule has 0 aliphatic heterocycles. The Kier molecular flexibility index (Phi) is 3.50. The van der Waals surface area contributed by atoms with Crippen molar-refractivity contribution in [1.82, 2.24) is 4.98 Å². The van der Waals surface area contributed by atoms with Crippen LogP contribution in [0.1, 0.15) is 47.7 Å². The van der Waals surface area contributed by atoms with Crippen LogP contribution in [-0.2, 0) is 15.6 Å². The summed E-state index contributed by atoms with van der Waals surface area (Å²) in [5, 5.41) is 9.55. The summed E-state index contributed by atoms with van der Waals surface area (Å²) in [5.41, 5.74) is 0.819. The lowest BCUT2D eigenvalue weighted by Gasteiger charge is -1.98. The van der Waals surface area contributed by atoms with Gasteiger partial charge in [-0.3, -0.25) is 0 Å². The van der Waals surface area contributed by atoms with E-state index in [2.05, 4.69) is 11.1 Å². The number of rotatable bonds is 5. The number of nitriles is 1. The second-order valence-electron chi connectivity index (χ2n) is 4.30. The fourth-order valence-corrected chi connectivity index (χ4v) is 4.45. The van der Waals surface area contributed by atoms with Crippen molar-refractivity contribution < 1.29 is 8.42 Å². The molecule has 0 N–H and O–H groups in total. The normalized spacial score (nSPS) is 15.8. The standard InChI is InChI=1S/C11H14N2O2S2/c1-2-5-17(14,15)7-10-13-11(8-3-4-8)9(6-12)16-10/h8H,2-5,7H2,1H3. The third kappa shape index (κ3) is 3.05. The molecule has 0 amide bonds. The maximum atomic E-state index is 11.7. The lowest BCUT2D eigenvalue weighted by Crippen LogP contribution is -2.08. The van der Waals surface area contributed by atoms with Crippen molar-refractivity contribution in [2.24, 2.45) is 0 Å². The molecule has 17 heavy (non-hydrogen) atoms. The fraction of sp³-hybridized carbons (Fsp3) is 0.636. The van der Waals surface area contributed by atoms with Crippen LogP contribution in [-0.4, -0.2) is 19.2 Å². The molecule has 1 saturated carbocycles. The van der Waals surface area contributed by atoms with Gasteiger partial charge in [0.1, 0.15) is 21.7 Å². The van der Waals surface area contributed by atoms with Gasteiger partial charge in [-0.05, 0) is 19.3 Å². The maximum absolute atomic E-state index is 11.7. The molecule has 1 aliphatic rings. The van der Waals surface area contributed by atoms with Crippen LogP contribution in [0, 0.1) is 11.3 Å². The van der Waals surface area contributed by atoms with E-state index in [1.54, 1.807) is 0 Å². The van der Waals surface area contributed by atoms with Gasteiger partial charge in [0.05, 0.1) is 11.4 Å². The van der Waals surface area contributed by atoms with E-state index in [9.17, 15) is 8.42 Å². The molecule has 1 aromatic rings. The Morgan fingerprint density at radius 2 is 2.24 bits per heavy atom. The summed E-state index contributed by atoms with van der Waals surface area (Å²) in [7, 11) is -3.06. The monoisotopic (exact) mass is 270 g/mol. The molecule has 0 unspecified atom stereocenters. The lowest BCUT2D eigenvalue weighted by atomic mass is 10.3. The van der Waals surface area contributed by atoms with E-state index in [0.29, 0.717) is 22.2 Å². The van der Waals surface area contributed by atoms with Gasteiger partial charge in [-0.2, -0.15) is 5.26 Å². The first-order valence-corrected chi connectivity index (χ1v) is 8.29. The molecule has 4 nitrogen and oxygen atoms in total. The zero-order chi connectivity index (χ0) is 12.5. The van der Waals surface area contributed by atoms with Gasteiger partial charge < -0.3 is 0 Å². The summed E-state index contributed by atoms with van der Waals surface area (Å²) >= 11 is 1.23.